The van der Waals surface area contributed by atoms with E-state index in [-0.39, 0.29) is 17.6 Å². The Kier molecular flexibility index (Phi) is 4.87. The van der Waals surface area contributed by atoms with Crippen molar-refractivity contribution in [3.8, 4) is 0 Å². The number of carbonyl (C=O) groups is 2. The molecule has 3 nitrogen and oxygen atoms in total. The van der Waals surface area contributed by atoms with Crippen molar-refractivity contribution in [3.05, 3.63) is 34.9 Å². The molecule has 1 N–H and O–H groups in total. The quantitative estimate of drug-likeness (QED) is 0.822. The molecule has 0 aromatic heterocycles. The molecule has 0 unspecified atom stereocenters. The molecule has 0 heterocycles. The molecule has 1 aromatic rings. The van der Waals surface area contributed by atoms with Gasteiger partial charge in [0.15, 0.2) is 5.78 Å². The summed E-state index contributed by atoms with van der Waals surface area (Å²) in [6.07, 6.45) is 0.738. The molecule has 0 saturated carbocycles. The summed E-state index contributed by atoms with van der Waals surface area (Å²) < 4.78 is 0. The summed E-state index contributed by atoms with van der Waals surface area (Å²) in [4.78, 5) is 22.4. The minimum atomic E-state index is -0.854. The first kappa shape index (κ1) is 15.4. The van der Waals surface area contributed by atoms with Gasteiger partial charge in [-0.15, -0.1) is 0 Å². The van der Waals surface area contributed by atoms with Crippen LogP contribution in [-0.4, -0.2) is 16.9 Å². The lowest BCUT2D eigenvalue weighted by Gasteiger charge is -2.20. The highest BCUT2D eigenvalue weighted by molar-refractivity contribution is 5.97. The second-order valence-corrected chi connectivity index (χ2v) is 5.95. The van der Waals surface area contributed by atoms with Crippen molar-refractivity contribution in [2.75, 3.05) is 0 Å². The fourth-order valence-corrected chi connectivity index (χ4v) is 1.98. The molecule has 0 radical (unpaired) electrons. The summed E-state index contributed by atoms with van der Waals surface area (Å²) in [7, 11) is 0. The van der Waals surface area contributed by atoms with Gasteiger partial charge in [0, 0.05) is 18.4 Å². The Labute approximate surface area is 114 Å². The van der Waals surface area contributed by atoms with Crippen molar-refractivity contribution >= 4 is 11.8 Å². The van der Waals surface area contributed by atoms with Crippen LogP contribution in [0.2, 0.25) is 0 Å². The van der Waals surface area contributed by atoms with E-state index in [9.17, 15) is 9.59 Å². The Morgan fingerprint density at radius 3 is 2.26 bits per heavy atom. The number of carboxylic acids is 1. The molecule has 0 aliphatic heterocycles. The number of hydrogen-bond acceptors (Lipinski definition) is 2. The van der Waals surface area contributed by atoms with E-state index < -0.39 is 5.97 Å². The predicted octanol–water partition coefficient (Wildman–Crippen LogP) is 3.73. The summed E-state index contributed by atoms with van der Waals surface area (Å²) in [5.74, 6) is -0.827. The monoisotopic (exact) mass is 262 g/mol. The van der Waals surface area contributed by atoms with Crippen LogP contribution >= 0.6 is 0 Å². The molecule has 19 heavy (non-hydrogen) atoms. The van der Waals surface area contributed by atoms with Crippen LogP contribution in [0, 0.1) is 6.92 Å². The van der Waals surface area contributed by atoms with Crippen LogP contribution in [0.5, 0.6) is 0 Å². The number of carboxylic acid groups (broad SMARTS) is 1. The van der Waals surface area contributed by atoms with Crippen LogP contribution in [0.3, 0.4) is 0 Å². The number of rotatable bonds is 5. The second kappa shape index (κ2) is 6.00. The Balaban J connectivity index is 2.79. The minimum Gasteiger partial charge on any atom is -0.481 e. The number of benzene rings is 1. The maximum absolute atomic E-state index is 12.0. The smallest absolute Gasteiger partial charge is 0.303 e. The maximum Gasteiger partial charge on any atom is 0.303 e. The van der Waals surface area contributed by atoms with E-state index in [1.807, 2.05) is 25.1 Å². The van der Waals surface area contributed by atoms with Gasteiger partial charge >= 0.3 is 5.97 Å². The number of aryl methyl sites for hydroxylation is 1. The molecule has 1 rings (SSSR count). The second-order valence-electron chi connectivity index (χ2n) is 5.95. The van der Waals surface area contributed by atoms with Crippen LogP contribution in [0.1, 0.15) is 61.5 Å². The Hall–Kier alpha value is -1.64. The van der Waals surface area contributed by atoms with Crippen molar-refractivity contribution in [3.63, 3.8) is 0 Å². The van der Waals surface area contributed by atoms with E-state index in [0.29, 0.717) is 18.4 Å². The molecule has 0 aliphatic rings. The van der Waals surface area contributed by atoms with Gasteiger partial charge in [0.1, 0.15) is 0 Å². The highest BCUT2D eigenvalue weighted by Crippen LogP contribution is 2.25. The summed E-state index contributed by atoms with van der Waals surface area (Å²) in [6.45, 7) is 8.34. The number of ketones is 1. The van der Waals surface area contributed by atoms with Crippen LogP contribution in [-0.2, 0) is 10.2 Å². The number of aliphatic carboxylic acids is 1. The van der Waals surface area contributed by atoms with E-state index in [2.05, 4.69) is 20.8 Å². The van der Waals surface area contributed by atoms with E-state index in [1.54, 1.807) is 0 Å². The molecule has 0 spiro atoms. The molecule has 0 aliphatic carbocycles. The summed E-state index contributed by atoms with van der Waals surface area (Å²) in [5.41, 5.74) is 2.94. The lowest BCUT2D eigenvalue weighted by Crippen LogP contribution is -2.12. The normalized spacial score (nSPS) is 11.4. The number of carbonyl (C=O) groups excluding carboxylic acids is 1. The van der Waals surface area contributed by atoms with Gasteiger partial charge in [0.25, 0.3) is 0 Å². The van der Waals surface area contributed by atoms with Crippen molar-refractivity contribution in [2.24, 2.45) is 0 Å². The third kappa shape index (κ3) is 4.51. The highest BCUT2D eigenvalue weighted by Gasteiger charge is 2.16. The standard InChI is InChI=1S/C16H22O3/c1-11-10-12(16(2,3)4)8-9-13(11)14(17)6-5-7-15(18)19/h8-10H,5-7H2,1-4H3,(H,18,19). The van der Waals surface area contributed by atoms with Crippen LogP contribution in [0.25, 0.3) is 0 Å². The molecule has 0 fully saturated rings. The maximum atomic E-state index is 12.0. The Morgan fingerprint density at radius 1 is 1.16 bits per heavy atom. The molecule has 0 bridgehead atoms. The number of Topliss-reactive ketones (excluding diaryl/α,β-unsaturated/α-hetero) is 1. The van der Waals surface area contributed by atoms with Crippen molar-refractivity contribution in [2.45, 2.75) is 52.4 Å². The van der Waals surface area contributed by atoms with Gasteiger partial charge in [-0.2, -0.15) is 0 Å². The molecular formula is C16H22O3. The van der Waals surface area contributed by atoms with Gasteiger partial charge < -0.3 is 5.11 Å². The van der Waals surface area contributed by atoms with E-state index >= 15 is 0 Å². The molecule has 104 valence electrons. The lowest BCUT2D eigenvalue weighted by molar-refractivity contribution is -0.137. The molecule has 3 heteroatoms. The Morgan fingerprint density at radius 2 is 1.79 bits per heavy atom. The third-order valence-corrected chi connectivity index (χ3v) is 3.19. The first-order valence-electron chi connectivity index (χ1n) is 6.58. The van der Waals surface area contributed by atoms with Crippen molar-refractivity contribution in [1.29, 1.82) is 0 Å². The number of hydrogen-bond donors (Lipinski definition) is 1. The zero-order valence-corrected chi connectivity index (χ0v) is 12.1. The summed E-state index contributed by atoms with van der Waals surface area (Å²) in [6, 6.07) is 5.89. The van der Waals surface area contributed by atoms with Crippen molar-refractivity contribution in [1.82, 2.24) is 0 Å². The van der Waals surface area contributed by atoms with Gasteiger partial charge in [-0.25, -0.2) is 0 Å². The van der Waals surface area contributed by atoms with E-state index in [1.165, 1.54) is 5.56 Å². The minimum absolute atomic E-state index is 0.0270. The van der Waals surface area contributed by atoms with Gasteiger partial charge in [-0.05, 0) is 29.9 Å². The zero-order chi connectivity index (χ0) is 14.6. The topological polar surface area (TPSA) is 54.4 Å². The lowest BCUT2D eigenvalue weighted by atomic mass is 9.85. The average Bonchev–Trinajstić information content (AvgIpc) is 2.26. The van der Waals surface area contributed by atoms with Gasteiger partial charge in [0.05, 0.1) is 0 Å². The van der Waals surface area contributed by atoms with Gasteiger partial charge in [0.2, 0.25) is 0 Å². The van der Waals surface area contributed by atoms with Crippen LogP contribution in [0.4, 0.5) is 0 Å². The molecule has 0 saturated heterocycles. The predicted molar refractivity (Wildman–Crippen MR) is 75.7 cm³/mol. The molecular weight excluding hydrogens is 240 g/mol. The first-order chi connectivity index (χ1) is 8.71. The Bertz CT molecular complexity index is 481. The first-order valence-corrected chi connectivity index (χ1v) is 6.58. The van der Waals surface area contributed by atoms with Gasteiger partial charge in [-0.1, -0.05) is 39.0 Å². The molecule has 0 atom stereocenters. The van der Waals surface area contributed by atoms with Crippen LogP contribution in [0.15, 0.2) is 18.2 Å². The summed E-state index contributed by atoms with van der Waals surface area (Å²) >= 11 is 0. The average molecular weight is 262 g/mol. The third-order valence-electron chi connectivity index (χ3n) is 3.19. The SMILES string of the molecule is Cc1cc(C(C)(C)C)ccc1C(=O)CCCC(=O)O. The fourth-order valence-electron chi connectivity index (χ4n) is 1.98. The molecule has 1 aromatic carbocycles. The summed E-state index contributed by atoms with van der Waals surface area (Å²) in [5, 5.41) is 8.57. The fraction of sp³-hybridized carbons (Fsp3) is 0.500. The van der Waals surface area contributed by atoms with Crippen molar-refractivity contribution < 1.29 is 14.7 Å². The van der Waals surface area contributed by atoms with Crippen LogP contribution < -0.4 is 0 Å². The highest BCUT2D eigenvalue weighted by atomic mass is 16.4. The molecule has 0 amide bonds. The van der Waals surface area contributed by atoms with Gasteiger partial charge in [-0.3, -0.25) is 9.59 Å². The van der Waals surface area contributed by atoms with E-state index in [4.69, 9.17) is 5.11 Å². The van der Waals surface area contributed by atoms with E-state index in [0.717, 1.165) is 5.56 Å². The largest absolute Gasteiger partial charge is 0.481 e. The zero-order valence-electron chi connectivity index (χ0n) is 12.1.